The van der Waals surface area contributed by atoms with Crippen LogP contribution in [0.4, 0.5) is 0 Å². The van der Waals surface area contributed by atoms with E-state index in [1.807, 2.05) is 6.92 Å². The van der Waals surface area contributed by atoms with Crippen LogP contribution >= 0.6 is 11.3 Å². The number of thiophene rings is 1. The Morgan fingerprint density at radius 1 is 1.17 bits per heavy atom. The number of rotatable bonds is 8. The van der Waals surface area contributed by atoms with Crippen molar-refractivity contribution in [3.63, 3.8) is 0 Å². The van der Waals surface area contributed by atoms with E-state index in [0.29, 0.717) is 37.1 Å². The van der Waals surface area contributed by atoms with E-state index in [4.69, 9.17) is 4.74 Å². The van der Waals surface area contributed by atoms with E-state index in [2.05, 4.69) is 27.4 Å². The van der Waals surface area contributed by atoms with Crippen LogP contribution in [0.25, 0.3) is 0 Å². The Balaban J connectivity index is 1.32. The summed E-state index contributed by atoms with van der Waals surface area (Å²) in [5, 5.41) is 2.09. The van der Waals surface area contributed by atoms with E-state index in [9.17, 15) is 9.59 Å². The number of nitrogens with zero attached hydrogens (tertiary/aromatic N) is 4. The van der Waals surface area contributed by atoms with Gasteiger partial charge in [0.1, 0.15) is 5.82 Å². The third kappa shape index (κ3) is 4.39. The molecule has 7 nitrogen and oxygen atoms in total. The van der Waals surface area contributed by atoms with Crippen molar-refractivity contribution in [3.05, 3.63) is 49.2 Å². The molecule has 0 aliphatic carbocycles. The quantitative estimate of drug-likeness (QED) is 0.658. The van der Waals surface area contributed by atoms with Crippen LogP contribution in [0, 0.1) is 6.92 Å². The van der Waals surface area contributed by atoms with Crippen LogP contribution in [0.5, 0.6) is 0 Å². The molecule has 0 amide bonds. The summed E-state index contributed by atoms with van der Waals surface area (Å²) < 4.78 is 9.03. The molecule has 0 saturated carbocycles. The Bertz CT molecular complexity index is 922. The zero-order valence-corrected chi connectivity index (χ0v) is 18.1. The lowest BCUT2D eigenvalue weighted by molar-refractivity contribution is -0.0277. The second-order valence-electron chi connectivity index (χ2n) is 8.08. The molecule has 0 aromatic carbocycles. The van der Waals surface area contributed by atoms with Crippen molar-refractivity contribution < 1.29 is 4.74 Å². The van der Waals surface area contributed by atoms with Crippen LogP contribution in [-0.4, -0.2) is 43.8 Å². The molecule has 2 saturated heterocycles. The minimum atomic E-state index is -0.430. The van der Waals surface area contributed by atoms with Crippen molar-refractivity contribution in [2.45, 2.75) is 83.8 Å². The van der Waals surface area contributed by atoms with E-state index in [1.54, 1.807) is 22.8 Å². The highest BCUT2D eigenvalue weighted by atomic mass is 32.1. The molecule has 2 aromatic rings. The number of hydrogen-bond acceptors (Lipinski definition) is 6. The van der Waals surface area contributed by atoms with Crippen molar-refractivity contribution >= 4 is 11.3 Å². The lowest BCUT2D eigenvalue weighted by Gasteiger charge is -2.38. The Hall–Kier alpha value is -1.77. The van der Waals surface area contributed by atoms with Gasteiger partial charge >= 0.3 is 11.4 Å². The van der Waals surface area contributed by atoms with Gasteiger partial charge in [-0.05, 0) is 57.4 Å². The van der Waals surface area contributed by atoms with Crippen LogP contribution in [0.15, 0.2) is 27.1 Å². The van der Waals surface area contributed by atoms with Gasteiger partial charge in [0.15, 0.2) is 0 Å². The molecule has 158 valence electrons. The summed E-state index contributed by atoms with van der Waals surface area (Å²) in [5.41, 5.74) is -0.672. The van der Waals surface area contributed by atoms with Gasteiger partial charge in [-0.15, -0.1) is 11.3 Å². The lowest BCUT2D eigenvalue weighted by atomic mass is 9.99. The summed E-state index contributed by atoms with van der Waals surface area (Å²) >= 11 is 1.75. The summed E-state index contributed by atoms with van der Waals surface area (Å²) in [7, 11) is 0. The first-order valence-corrected chi connectivity index (χ1v) is 11.5. The topological polar surface area (TPSA) is 69.4 Å². The minimum Gasteiger partial charge on any atom is -0.373 e. The Labute approximate surface area is 175 Å². The van der Waals surface area contributed by atoms with Gasteiger partial charge in [-0.25, -0.2) is 14.2 Å². The molecule has 29 heavy (non-hydrogen) atoms. The second kappa shape index (κ2) is 8.93. The average Bonchev–Trinajstić information content (AvgIpc) is 3.29. The van der Waals surface area contributed by atoms with Gasteiger partial charge in [0, 0.05) is 36.6 Å². The highest BCUT2D eigenvalue weighted by Crippen LogP contribution is 2.37. The van der Waals surface area contributed by atoms with Crippen LogP contribution in [0.2, 0.25) is 0 Å². The second-order valence-corrected chi connectivity index (χ2v) is 9.11. The van der Waals surface area contributed by atoms with Crippen LogP contribution in [0.3, 0.4) is 0 Å². The van der Waals surface area contributed by atoms with E-state index >= 15 is 0 Å². The van der Waals surface area contributed by atoms with Crippen LogP contribution in [-0.2, 0) is 24.4 Å². The van der Waals surface area contributed by atoms with Crippen molar-refractivity contribution in [1.29, 1.82) is 0 Å². The molecule has 4 rings (SSSR count). The van der Waals surface area contributed by atoms with Gasteiger partial charge in [-0.2, -0.15) is 4.98 Å². The van der Waals surface area contributed by atoms with Gasteiger partial charge in [0.25, 0.3) is 0 Å². The maximum atomic E-state index is 12.5. The number of fused-ring (bicyclic) bond motifs is 2. The maximum Gasteiger partial charge on any atom is 0.353 e. The Morgan fingerprint density at radius 2 is 1.93 bits per heavy atom. The van der Waals surface area contributed by atoms with Gasteiger partial charge in [-0.1, -0.05) is 6.07 Å². The van der Waals surface area contributed by atoms with Crippen molar-refractivity contribution in [3.8, 4) is 0 Å². The van der Waals surface area contributed by atoms with Gasteiger partial charge < -0.3 is 4.74 Å². The highest BCUT2D eigenvalue weighted by Gasteiger charge is 2.40. The highest BCUT2D eigenvalue weighted by molar-refractivity contribution is 7.09. The average molecular weight is 419 g/mol. The van der Waals surface area contributed by atoms with Gasteiger partial charge in [0.2, 0.25) is 0 Å². The number of aryl methyl sites for hydroxylation is 1. The molecule has 4 heterocycles. The summed E-state index contributed by atoms with van der Waals surface area (Å²) in [4.78, 5) is 32.6. The number of hydrogen-bond donors (Lipinski definition) is 0. The number of aromatic nitrogens is 3. The van der Waals surface area contributed by atoms with Gasteiger partial charge in [0.05, 0.1) is 12.7 Å². The van der Waals surface area contributed by atoms with E-state index in [1.165, 1.54) is 22.3 Å². The lowest BCUT2D eigenvalue weighted by Crippen LogP contribution is -2.47. The van der Waals surface area contributed by atoms with Crippen LogP contribution < -0.4 is 11.4 Å². The first kappa shape index (κ1) is 20.5. The fourth-order valence-electron chi connectivity index (χ4n) is 4.91. The zero-order chi connectivity index (χ0) is 20.4. The van der Waals surface area contributed by atoms with Crippen molar-refractivity contribution in [2.24, 2.45) is 0 Å². The van der Waals surface area contributed by atoms with Crippen molar-refractivity contribution in [2.75, 3.05) is 6.54 Å². The number of ether oxygens (including phenoxy) is 1. The zero-order valence-electron chi connectivity index (χ0n) is 17.2. The first-order chi connectivity index (χ1) is 14.1. The molecular formula is C21H30N4O3S. The van der Waals surface area contributed by atoms with Gasteiger partial charge in [-0.3, -0.25) is 9.47 Å². The fourth-order valence-corrected chi connectivity index (χ4v) is 5.54. The monoisotopic (exact) mass is 418 g/mol. The van der Waals surface area contributed by atoms with Crippen LogP contribution in [0.1, 0.15) is 49.7 Å². The normalized spacial score (nSPS) is 24.3. The summed E-state index contributed by atoms with van der Waals surface area (Å²) in [5.74, 6) is 0.487. The third-order valence-electron chi connectivity index (χ3n) is 6.34. The third-order valence-corrected chi connectivity index (χ3v) is 7.19. The molecule has 2 aliphatic heterocycles. The minimum absolute atomic E-state index is 0.242. The summed E-state index contributed by atoms with van der Waals surface area (Å²) in [6, 6.07) is 5.31. The Kier molecular flexibility index (Phi) is 6.32. The molecule has 2 unspecified atom stereocenters. The fraction of sp³-hybridized carbons (Fsp3) is 0.667. The molecule has 2 fully saturated rings. The largest absolute Gasteiger partial charge is 0.373 e. The number of piperidine rings is 1. The molecule has 2 aromatic heterocycles. The summed E-state index contributed by atoms with van der Waals surface area (Å²) in [6.45, 7) is 6.19. The predicted octanol–water partition coefficient (Wildman–Crippen LogP) is 2.40. The molecule has 0 spiro atoms. The first-order valence-electron chi connectivity index (χ1n) is 10.6. The molecule has 8 heteroatoms. The maximum absolute atomic E-state index is 12.5. The SMILES string of the molecule is CCn1c(C)nc(=O)n(CCCN2C3CCC2CC(OCc2cccs2)C3)c1=O. The molecule has 2 atom stereocenters. The van der Waals surface area contributed by atoms with E-state index in [-0.39, 0.29) is 5.69 Å². The van der Waals surface area contributed by atoms with E-state index in [0.717, 1.165) is 32.4 Å². The predicted molar refractivity (Wildman–Crippen MR) is 113 cm³/mol. The smallest absolute Gasteiger partial charge is 0.353 e. The Morgan fingerprint density at radius 3 is 2.59 bits per heavy atom. The van der Waals surface area contributed by atoms with E-state index < -0.39 is 5.69 Å². The molecule has 0 N–H and O–H groups in total. The molecule has 2 bridgehead atoms. The molecule has 0 radical (unpaired) electrons. The molecular weight excluding hydrogens is 388 g/mol. The molecule has 2 aliphatic rings. The van der Waals surface area contributed by atoms with Crippen molar-refractivity contribution in [1.82, 2.24) is 19.0 Å². The standard InChI is InChI=1S/C21H30N4O3S/c1-3-23-15(2)22-20(26)25(21(23)27)10-5-9-24-16-7-8-17(24)13-18(12-16)28-14-19-6-4-11-29-19/h4,6,11,16-18H,3,5,7-10,12-14H2,1-2H3. The summed E-state index contributed by atoms with van der Waals surface area (Å²) in [6.07, 6.45) is 5.73.